The van der Waals surface area contributed by atoms with Crippen molar-refractivity contribution in [1.29, 1.82) is 0 Å². The van der Waals surface area contributed by atoms with Crippen LogP contribution in [-0.2, 0) is 15.9 Å². The van der Waals surface area contributed by atoms with Gasteiger partial charge in [-0.3, -0.25) is 4.98 Å². The molecular weight excluding hydrogens is 271 g/mol. The van der Waals surface area contributed by atoms with E-state index in [4.69, 9.17) is 9.47 Å². The largest absolute Gasteiger partial charge is 0.384 e. The van der Waals surface area contributed by atoms with E-state index in [2.05, 4.69) is 10.3 Å². The maximum atomic E-state index is 14.5. The number of pyridine rings is 1. The summed E-state index contributed by atoms with van der Waals surface area (Å²) in [6.45, 7) is 1.95. The highest BCUT2D eigenvalue weighted by molar-refractivity contribution is 5.74. The molecule has 1 fully saturated rings. The van der Waals surface area contributed by atoms with Gasteiger partial charge in [0.15, 0.2) is 6.29 Å². The van der Waals surface area contributed by atoms with Crippen LogP contribution in [0, 0.1) is 5.82 Å². The summed E-state index contributed by atoms with van der Waals surface area (Å²) in [4.78, 5) is 4.31. The molecule has 0 radical (unpaired) electrons. The van der Waals surface area contributed by atoms with E-state index in [1.807, 2.05) is 18.2 Å². The Hall–Kier alpha value is -1.98. The van der Waals surface area contributed by atoms with Crippen molar-refractivity contribution in [3.8, 4) is 11.3 Å². The Labute approximate surface area is 121 Å². The Morgan fingerprint density at radius 1 is 1.24 bits per heavy atom. The Bertz CT molecular complexity index is 684. The first kappa shape index (κ1) is 12.7. The number of benzene rings is 1. The summed E-state index contributed by atoms with van der Waals surface area (Å²) in [5, 5.41) is 3.30. The number of hydrogen-bond acceptors (Lipinski definition) is 4. The fourth-order valence-corrected chi connectivity index (χ4v) is 2.90. The molecule has 0 bridgehead atoms. The minimum Gasteiger partial charge on any atom is -0.384 e. The van der Waals surface area contributed by atoms with Gasteiger partial charge in [-0.05, 0) is 24.1 Å². The molecule has 1 aromatic heterocycles. The third-order valence-corrected chi connectivity index (χ3v) is 3.88. The first-order chi connectivity index (χ1) is 10.3. The molecule has 1 saturated heterocycles. The molecule has 108 valence electrons. The summed E-state index contributed by atoms with van der Waals surface area (Å²) in [5.41, 5.74) is 4.07. The van der Waals surface area contributed by atoms with Crippen LogP contribution in [0.25, 0.3) is 11.3 Å². The van der Waals surface area contributed by atoms with Gasteiger partial charge in [-0.2, -0.15) is 0 Å². The minimum atomic E-state index is -0.496. The van der Waals surface area contributed by atoms with Crippen LogP contribution in [0.5, 0.6) is 0 Å². The molecule has 3 heterocycles. The number of aromatic nitrogens is 1. The van der Waals surface area contributed by atoms with Gasteiger partial charge >= 0.3 is 0 Å². The average molecular weight is 286 g/mol. The van der Waals surface area contributed by atoms with E-state index in [9.17, 15) is 4.39 Å². The summed E-state index contributed by atoms with van der Waals surface area (Å²) >= 11 is 0. The van der Waals surface area contributed by atoms with Gasteiger partial charge in [0.2, 0.25) is 0 Å². The third-order valence-electron chi connectivity index (χ3n) is 3.88. The maximum Gasteiger partial charge on any atom is 0.185 e. The summed E-state index contributed by atoms with van der Waals surface area (Å²) in [6.07, 6.45) is 2.03. The zero-order valence-corrected chi connectivity index (χ0v) is 11.4. The van der Waals surface area contributed by atoms with Crippen molar-refractivity contribution in [2.24, 2.45) is 0 Å². The smallest absolute Gasteiger partial charge is 0.185 e. The predicted molar refractivity (Wildman–Crippen MR) is 76.5 cm³/mol. The van der Waals surface area contributed by atoms with Crippen molar-refractivity contribution in [2.45, 2.75) is 12.7 Å². The molecule has 0 saturated carbocycles. The van der Waals surface area contributed by atoms with Crippen molar-refractivity contribution in [2.75, 3.05) is 25.1 Å². The van der Waals surface area contributed by atoms with Gasteiger partial charge in [-0.25, -0.2) is 4.39 Å². The Morgan fingerprint density at radius 3 is 2.90 bits per heavy atom. The highest BCUT2D eigenvalue weighted by Crippen LogP contribution is 2.34. The number of nitrogens with zero attached hydrogens (tertiary/aromatic N) is 1. The van der Waals surface area contributed by atoms with Gasteiger partial charge in [0, 0.05) is 29.6 Å². The van der Waals surface area contributed by atoms with Crippen molar-refractivity contribution in [1.82, 2.24) is 4.98 Å². The van der Waals surface area contributed by atoms with Gasteiger partial charge in [0.25, 0.3) is 0 Å². The number of rotatable bonds is 2. The molecule has 1 N–H and O–H groups in total. The van der Waals surface area contributed by atoms with Gasteiger partial charge in [0.05, 0.1) is 13.2 Å². The third kappa shape index (κ3) is 2.18. The summed E-state index contributed by atoms with van der Waals surface area (Å²) in [7, 11) is 0. The van der Waals surface area contributed by atoms with Crippen LogP contribution in [0.2, 0.25) is 0 Å². The fourth-order valence-electron chi connectivity index (χ4n) is 2.90. The lowest BCUT2D eigenvalue weighted by Gasteiger charge is -2.12. The molecule has 4 rings (SSSR count). The molecular formula is C16H15FN2O2. The van der Waals surface area contributed by atoms with Gasteiger partial charge in [0.1, 0.15) is 11.5 Å². The number of nitrogens with one attached hydrogen (secondary N) is 1. The van der Waals surface area contributed by atoms with Gasteiger partial charge in [-0.15, -0.1) is 0 Å². The Morgan fingerprint density at radius 2 is 2.10 bits per heavy atom. The molecule has 0 aliphatic carbocycles. The molecule has 5 heteroatoms. The van der Waals surface area contributed by atoms with E-state index < -0.39 is 6.29 Å². The Balaban J connectivity index is 1.74. The summed E-state index contributed by atoms with van der Waals surface area (Å²) in [6, 6.07) is 7.31. The topological polar surface area (TPSA) is 43.4 Å². The lowest BCUT2D eigenvalue weighted by atomic mass is 10.0. The molecule has 0 unspecified atom stereocenters. The second-order valence-electron chi connectivity index (χ2n) is 5.18. The predicted octanol–water partition coefficient (Wildman–Crippen LogP) is 2.90. The molecule has 2 aromatic rings. The van der Waals surface area contributed by atoms with Crippen LogP contribution in [0.4, 0.5) is 10.1 Å². The highest BCUT2D eigenvalue weighted by atomic mass is 19.1. The maximum absolute atomic E-state index is 14.5. The second kappa shape index (κ2) is 5.09. The first-order valence-corrected chi connectivity index (χ1v) is 7.08. The SMILES string of the molecule is Fc1cc(C2OCCO2)cnc1-c1cccc2c1CCN2. The zero-order valence-electron chi connectivity index (χ0n) is 11.4. The van der Waals surface area contributed by atoms with Crippen molar-refractivity contribution < 1.29 is 13.9 Å². The standard InChI is InChI=1S/C16H15FN2O2/c17-13-8-10(16-20-6-7-21-16)9-19-15(13)12-2-1-3-14-11(12)4-5-18-14/h1-3,8-9,16,18H,4-7H2. The van der Waals surface area contributed by atoms with E-state index in [1.165, 1.54) is 6.07 Å². The van der Waals surface area contributed by atoms with E-state index in [1.54, 1.807) is 6.20 Å². The minimum absolute atomic E-state index is 0.341. The second-order valence-corrected chi connectivity index (χ2v) is 5.18. The number of ether oxygens (including phenoxy) is 2. The van der Waals surface area contributed by atoms with E-state index in [0.29, 0.717) is 24.5 Å². The molecule has 1 aromatic carbocycles. The van der Waals surface area contributed by atoms with E-state index in [0.717, 1.165) is 29.8 Å². The number of hydrogen-bond donors (Lipinski definition) is 1. The quantitative estimate of drug-likeness (QED) is 0.922. The average Bonchev–Trinajstić information content (AvgIpc) is 3.18. The van der Waals surface area contributed by atoms with Crippen LogP contribution < -0.4 is 5.32 Å². The zero-order chi connectivity index (χ0) is 14.2. The number of fused-ring (bicyclic) bond motifs is 1. The van der Waals surface area contributed by atoms with Crippen LogP contribution in [-0.4, -0.2) is 24.7 Å². The van der Waals surface area contributed by atoms with E-state index >= 15 is 0 Å². The molecule has 2 aliphatic rings. The lowest BCUT2D eigenvalue weighted by molar-refractivity contribution is -0.0445. The van der Waals surface area contributed by atoms with Crippen molar-refractivity contribution in [3.05, 3.63) is 47.4 Å². The summed E-state index contributed by atoms with van der Waals surface area (Å²) in [5.74, 6) is -0.341. The number of anilines is 1. The molecule has 2 aliphatic heterocycles. The molecule has 0 atom stereocenters. The van der Waals surface area contributed by atoms with E-state index in [-0.39, 0.29) is 5.82 Å². The lowest BCUT2D eigenvalue weighted by Crippen LogP contribution is -2.02. The normalized spacial score (nSPS) is 17.8. The Kier molecular flexibility index (Phi) is 3.09. The van der Waals surface area contributed by atoms with Crippen molar-refractivity contribution in [3.63, 3.8) is 0 Å². The molecule has 4 nitrogen and oxygen atoms in total. The van der Waals surface area contributed by atoms with Crippen LogP contribution in [0.3, 0.4) is 0 Å². The van der Waals surface area contributed by atoms with Crippen molar-refractivity contribution >= 4 is 5.69 Å². The molecule has 21 heavy (non-hydrogen) atoms. The first-order valence-electron chi connectivity index (χ1n) is 7.08. The molecule has 0 amide bonds. The van der Waals surface area contributed by atoms with Crippen LogP contribution >= 0.6 is 0 Å². The van der Waals surface area contributed by atoms with Crippen LogP contribution in [0.15, 0.2) is 30.5 Å². The molecule has 0 spiro atoms. The van der Waals surface area contributed by atoms with Gasteiger partial charge < -0.3 is 14.8 Å². The number of halogens is 1. The fraction of sp³-hybridized carbons (Fsp3) is 0.312. The monoisotopic (exact) mass is 286 g/mol. The van der Waals surface area contributed by atoms with Crippen LogP contribution in [0.1, 0.15) is 17.4 Å². The van der Waals surface area contributed by atoms with Gasteiger partial charge in [-0.1, -0.05) is 12.1 Å². The highest BCUT2D eigenvalue weighted by Gasteiger charge is 2.22. The summed E-state index contributed by atoms with van der Waals surface area (Å²) < 4.78 is 25.2.